The lowest BCUT2D eigenvalue weighted by molar-refractivity contribution is 0.287. The van der Waals surface area contributed by atoms with E-state index in [1.54, 1.807) is 11.3 Å². The Kier molecular flexibility index (Phi) is 6.17. The molecule has 0 aliphatic carbocycles. The first-order valence-electron chi connectivity index (χ1n) is 8.33. The molecule has 0 saturated carbocycles. The highest BCUT2D eigenvalue weighted by Gasteiger charge is 2.07. The van der Waals surface area contributed by atoms with Crippen molar-refractivity contribution in [1.82, 2.24) is 9.88 Å². The molecular weight excluding hydrogens is 330 g/mol. The van der Waals surface area contributed by atoms with Crippen molar-refractivity contribution in [2.45, 2.75) is 13.2 Å². The molecule has 0 bridgehead atoms. The van der Waals surface area contributed by atoms with Gasteiger partial charge in [-0.05, 0) is 18.7 Å². The second-order valence-corrected chi connectivity index (χ2v) is 6.71. The van der Waals surface area contributed by atoms with Gasteiger partial charge in [0.1, 0.15) is 12.4 Å². The molecule has 25 heavy (non-hydrogen) atoms. The van der Waals surface area contributed by atoms with Gasteiger partial charge in [-0.15, -0.1) is 11.3 Å². The highest BCUT2D eigenvalue weighted by molar-refractivity contribution is 7.07. The highest BCUT2D eigenvalue weighted by Crippen LogP contribution is 2.22. The summed E-state index contributed by atoms with van der Waals surface area (Å²) in [5.74, 6) is 0.926. The Labute approximate surface area is 152 Å². The number of likely N-dealkylation sites (N-methyl/N-ethyl adjacent to an activating group) is 1. The maximum atomic E-state index is 6.06. The third-order valence-electron chi connectivity index (χ3n) is 4.00. The molecule has 0 spiro atoms. The van der Waals surface area contributed by atoms with Gasteiger partial charge in [-0.2, -0.15) is 0 Å². The third kappa shape index (κ3) is 4.89. The van der Waals surface area contributed by atoms with Gasteiger partial charge < -0.3 is 15.4 Å². The van der Waals surface area contributed by atoms with Gasteiger partial charge in [0.25, 0.3) is 0 Å². The highest BCUT2D eigenvalue weighted by atomic mass is 32.1. The Hall–Kier alpha value is -2.21. The summed E-state index contributed by atoms with van der Waals surface area (Å²) in [6, 6.07) is 16.6. The van der Waals surface area contributed by atoms with Crippen molar-refractivity contribution in [3.8, 4) is 17.0 Å². The summed E-state index contributed by atoms with van der Waals surface area (Å²) >= 11 is 1.61. The van der Waals surface area contributed by atoms with Gasteiger partial charge >= 0.3 is 0 Å². The molecule has 0 unspecified atom stereocenters. The summed E-state index contributed by atoms with van der Waals surface area (Å²) in [6.07, 6.45) is 0. The second kappa shape index (κ2) is 8.76. The molecule has 0 aliphatic heterocycles. The van der Waals surface area contributed by atoms with Crippen LogP contribution in [-0.2, 0) is 13.2 Å². The second-order valence-electron chi connectivity index (χ2n) is 5.99. The molecule has 0 amide bonds. The minimum Gasteiger partial charge on any atom is -0.489 e. The third-order valence-corrected chi connectivity index (χ3v) is 4.59. The summed E-state index contributed by atoms with van der Waals surface area (Å²) in [5, 5.41) is 2.06. The van der Waals surface area contributed by atoms with Crippen molar-refractivity contribution in [2.24, 2.45) is 5.73 Å². The van der Waals surface area contributed by atoms with Gasteiger partial charge in [0.15, 0.2) is 0 Å². The minimum absolute atomic E-state index is 0.551. The Morgan fingerprint density at radius 1 is 1.12 bits per heavy atom. The molecule has 2 N–H and O–H groups in total. The summed E-state index contributed by atoms with van der Waals surface area (Å²) in [4.78, 5) is 6.54. The van der Waals surface area contributed by atoms with E-state index in [1.807, 2.05) is 23.7 Å². The molecule has 0 saturated heterocycles. The smallest absolute Gasteiger partial charge is 0.124 e. The zero-order valence-corrected chi connectivity index (χ0v) is 15.2. The lowest BCUT2D eigenvalue weighted by Crippen LogP contribution is -2.25. The van der Waals surface area contributed by atoms with Crippen LogP contribution in [0.15, 0.2) is 59.4 Å². The first-order valence-corrected chi connectivity index (χ1v) is 9.27. The largest absolute Gasteiger partial charge is 0.489 e. The standard InChI is InChI=1S/C20H23N3OS/c1-23(11-10-21)12-18-4-2-3-5-20(18)24-13-16-6-8-17(9-7-16)19-14-25-15-22-19/h2-9,14-15H,10-13,21H2,1H3. The van der Waals surface area contributed by atoms with Crippen LogP contribution in [-0.4, -0.2) is 30.0 Å². The number of hydrogen-bond donors (Lipinski definition) is 1. The van der Waals surface area contributed by atoms with E-state index in [-0.39, 0.29) is 0 Å². The molecule has 3 aromatic rings. The molecule has 5 heteroatoms. The number of rotatable bonds is 8. The van der Waals surface area contributed by atoms with Gasteiger partial charge in [-0.25, -0.2) is 4.98 Å². The number of benzene rings is 2. The fraction of sp³-hybridized carbons (Fsp3) is 0.250. The van der Waals surface area contributed by atoms with Crippen molar-refractivity contribution >= 4 is 11.3 Å². The van der Waals surface area contributed by atoms with Crippen LogP contribution in [0, 0.1) is 0 Å². The molecule has 0 fully saturated rings. The van der Waals surface area contributed by atoms with Crippen molar-refractivity contribution in [2.75, 3.05) is 20.1 Å². The van der Waals surface area contributed by atoms with Gasteiger partial charge in [0.2, 0.25) is 0 Å². The van der Waals surface area contributed by atoms with Crippen LogP contribution in [0.3, 0.4) is 0 Å². The number of ether oxygens (including phenoxy) is 1. The van der Waals surface area contributed by atoms with Gasteiger partial charge in [-0.3, -0.25) is 0 Å². The normalized spacial score (nSPS) is 11.0. The molecule has 0 aliphatic rings. The van der Waals surface area contributed by atoms with E-state index < -0.39 is 0 Å². The summed E-state index contributed by atoms with van der Waals surface area (Å²) in [6.45, 7) is 2.91. The van der Waals surface area contributed by atoms with Crippen molar-refractivity contribution in [1.29, 1.82) is 0 Å². The maximum Gasteiger partial charge on any atom is 0.124 e. The molecular formula is C20H23N3OS. The first-order chi connectivity index (χ1) is 12.3. The summed E-state index contributed by atoms with van der Waals surface area (Å²) in [5.41, 5.74) is 12.0. The van der Waals surface area contributed by atoms with Crippen LogP contribution in [0.5, 0.6) is 5.75 Å². The van der Waals surface area contributed by atoms with Crippen molar-refractivity contribution < 1.29 is 4.74 Å². The molecule has 2 aromatic carbocycles. The van der Waals surface area contributed by atoms with Crippen LogP contribution >= 0.6 is 11.3 Å². The zero-order valence-electron chi connectivity index (χ0n) is 14.4. The van der Waals surface area contributed by atoms with E-state index in [1.165, 1.54) is 5.56 Å². The number of aromatic nitrogens is 1. The average Bonchev–Trinajstić information content (AvgIpc) is 3.16. The van der Waals surface area contributed by atoms with Crippen molar-refractivity contribution in [3.05, 3.63) is 70.5 Å². The Balaban J connectivity index is 1.63. The van der Waals surface area contributed by atoms with E-state index in [0.717, 1.165) is 35.7 Å². The lowest BCUT2D eigenvalue weighted by atomic mass is 10.1. The van der Waals surface area contributed by atoms with Crippen LogP contribution in [0.1, 0.15) is 11.1 Å². The van der Waals surface area contributed by atoms with Gasteiger partial charge in [-0.1, -0.05) is 42.5 Å². The van der Waals surface area contributed by atoms with E-state index in [0.29, 0.717) is 13.2 Å². The predicted molar refractivity (Wildman–Crippen MR) is 104 cm³/mol. The number of thiazole rings is 1. The quantitative estimate of drug-likeness (QED) is 0.670. The maximum absolute atomic E-state index is 6.06. The lowest BCUT2D eigenvalue weighted by Gasteiger charge is -2.18. The number of nitrogens with two attached hydrogens (primary N) is 1. The van der Waals surface area contributed by atoms with Crippen LogP contribution in [0.2, 0.25) is 0 Å². The predicted octanol–water partition coefficient (Wildman–Crippen LogP) is 3.78. The number of para-hydroxylation sites is 1. The molecule has 0 radical (unpaired) electrons. The van der Waals surface area contributed by atoms with Crippen molar-refractivity contribution in [3.63, 3.8) is 0 Å². The molecule has 0 atom stereocenters. The summed E-state index contributed by atoms with van der Waals surface area (Å²) < 4.78 is 6.06. The molecule has 130 valence electrons. The van der Waals surface area contributed by atoms with Crippen LogP contribution < -0.4 is 10.5 Å². The fourth-order valence-electron chi connectivity index (χ4n) is 2.65. The molecule has 1 heterocycles. The topological polar surface area (TPSA) is 51.4 Å². The van der Waals surface area contributed by atoms with E-state index >= 15 is 0 Å². The first kappa shape index (κ1) is 17.6. The van der Waals surface area contributed by atoms with E-state index in [9.17, 15) is 0 Å². The number of hydrogen-bond acceptors (Lipinski definition) is 5. The SMILES string of the molecule is CN(CCN)Cc1ccccc1OCc1ccc(-c2cscn2)cc1. The van der Waals surface area contributed by atoms with Crippen LogP contribution in [0.4, 0.5) is 0 Å². The number of nitrogens with zero attached hydrogens (tertiary/aromatic N) is 2. The Bertz CT molecular complexity index is 772. The monoisotopic (exact) mass is 353 g/mol. The Morgan fingerprint density at radius 3 is 2.64 bits per heavy atom. The Morgan fingerprint density at radius 2 is 1.92 bits per heavy atom. The minimum atomic E-state index is 0.551. The zero-order chi connectivity index (χ0) is 17.5. The summed E-state index contributed by atoms with van der Waals surface area (Å²) in [7, 11) is 2.07. The molecule has 3 rings (SSSR count). The van der Waals surface area contributed by atoms with Crippen LogP contribution in [0.25, 0.3) is 11.3 Å². The van der Waals surface area contributed by atoms with Gasteiger partial charge in [0.05, 0.1) is 11.2 Å². The van der Waals surface area contributed by atoms with E-state index in [4.69, 9.17) is 10.5 Å². The van der Waals surface area contributed by atoms with Gasteiger partial charge in [0, 0.05) is 36.1 Å². The fourth-order valence-corrected chi connectivity index (χ4v) is 3.21. The average molecular weight is 353 g/mol. The molecule has 1 aromatic heterocycles. The van der Waals surface area contributed by atoms with E-state index in [2.05, 4.69) is 52.6 Å². The molecule has 4 nitrogen and oxygen atoms in total.